The molecule has 3 heteroatoms. The van der Waals surface area contributed by atoms with E-state index in [4.69, 9.17) is 4.52 Å². The molecule has 13 heavy (non-hydrogen) atoms. The van der Waals surface area contributed by atoms with Crippen LogP contribution >= 0.6 is 0 Å². The SMILES string of the molecule is CC(C)CNc1noc2c1CCC2. The molecule has 2 rings (SSSR count). The fraction of sp³-hybridized carbons (Fsp3) is 0.700. The number of rotatable bonds is 3. The van der Waals surface area contributed by atoms with Crippen LogP contribution in [0.3, 0.4) is 0 Å². The molecule has 72 valence electrons. The summed E-state index contributed by atoms with van der Waals surface area (Å²) in [6.07, 6.45) is 3.40. The van der Waals surface area contributed by atoms with Gasteiger partial charge in [0, 0.05) is 18.5 Å². The zero-order valence-electron chi connectivity index (χ0n) is 8.26. The van der Waals surface area contributed by atoms with E-state index in [1.807, 2.05) is 0 Å². The zero-order chi connectivity index (χ0) is 9.26. The molecule has 0 radical (unpaired) electrons. The molecule has 0 saturated carbocycles. The molecule has 0 spiro atoms. The van der Waals surface area contributed by atoms with Crippen molar-refractivity contribution in [1.82, 2.24) is 5.16 Å². The minimum absolute atomic E-state index is 0.647. The van der Waals surface area contributed by atoms with Crippen molar-refractivity contribution >= 4 is 5.82 Å². The first-order chi connectivity index (χ1) is 6.27. The Morgan fingerprint density at radius 2 is 2.31 bits per heavy atom. The van der Waals surface area contributed by atoms with Gasteiger partial charge in [-0.05, 0) is 18.8 Å². The highest BCUT2D eigenvalue weighted by Crippen LogP contribution is 2.28. The highest BCUT2D eigenvalue weighted by molar-refractivity contribution is 5.47. The van der Waals surface area contributed by atoms with Crippen LogP contribution < -0.4 is 5.32 Å². The van der Waals surface area contributed by atoms with E-state index < -0.39 is 0 Å². The van der Waals surface area contributed by atoms with Gasteiger partial charge in [-0.1, -0.05) is 19.0 Å². The van der Waals surface area contributed by atoms with E-state index in [0.29, 0.717) is 5.92 Å². The van der Waals surface area contributed by atoms with Crippen LogP contribution in [0.1, 0.15) is 31.6 Å². The number of aryl methyl sites for hydroxylation is 1. The van der Waals surface area contributed by atoms with Crippen molar-refractivity contribution in [1.29, 1.82) is 0 Å². The van der Waals surface area contributed by atoms with E-state index in [0.717, 1.165) is 31.0 Å². The summed E-state index contributed by atoms with van der Waals surface area (Å²) in [4.78, 5) is 0. The van der Waals surface area contributed by atoms with E-state index >= 15 is 0 Å². The maximum Gasteiger partial charge on any atom is 0.172 e. The molecule has 0 saturated heterocycles. The summed E-state index contributed by atoms with van der Waals surface area (Å²) in [5, 5.41) is 7.34. The molecule has 1 N–H and O–H groups in total. The van der Waals surface area contributed by atoms with Gasteiger partial charge in [0.05, 0.1) is 0 Å². The monoisotopic (exact) mass is 180 g/mol. The first kappa shape index (κ1) is 8.60. The Bertz CT molecular complexity index is 291. The summed E-state index contributed by atoms with van der Waals surface area (Å²) in [6.45, 7) is 5.35. The van der Waals surface area contributed by atoms with E-state index in [1.165, 1.54) is 12.0 Å². The van der Waals surface area contributed by atoms with Crippen molar-refractivity contribution in [3.05, 3.63) is 11.3 Å². The fourth-order valence-electron chi connectivity index (χ4n) is 1.66. The molecule has 0 aromatic carbocycles. The quantitative estimate of drug-likeness (QED) is 0.775. The van der Waals surface area contributed by atoms with Crippen molar-refractivity contribution in [2.24, 2.45) is 5.92 Å². The summed E-state index contributed by atoms with van der Waals surface area (Å²) in [7, 11) is 0. The molecule has 1 aromatic rings. The third kappa shape index (κ3) is 1.69. The predicted molar refractivity (Wildman–Crippen MR) is 51.9 cm³/mol. The molecule has 0 atom stereocenters. The van der Waals surface area contributed by atoms with Gasteiger partial charge >= 0.3 is 0 Å². The van der Waals surface area contributed by atoms with Crippen molar-refractivity contribution in [3.8, 4) is 0 Å². The van der Waals surface area contributed by atoms with Gasteiger partial charge in [0.25, 0.3) is 0 Å². The zero-order valence-corrected chi connectivity index (χ0v) is 8.26. The Hall–Kier alpha value is -0.990. The number of hydrogen-bond acceptors (Lipinski definition) is 3. The minimum Gasteiger partial charge on any atom is -0.367 e. The molecular weight excluding hydrogens is 164 g/mol. The summed E-state index contributed by atoms with van der Waals surface area (Å²) < 4.78 is 5.23. The predicted octanol–water partition coefficient (Wildman–Crippen LogP) is 2.23. The Labute approximate surface area is 78.5 Å². The van der Waals surface area contributed by atoms with Gasteiger partial charge < -0.3 is 9.84 Å². The minimum atomic E-state index is 0.647. The van der Waals surface area contributed by atoms with E-state index in [2.05, 4.69) is 24.3 Å². The summed E-state index contributed by atoms with van der Waals surface area (Å²) >= 11 is 0. The Morgan fingerprint density at radius 1 is 1.46 bits per heavy atom. The molecule has 1 heterocycles. The van der Waals surface area contributed by atoms with Crippen LogP contribution in [0.25, 0.3) is 0 Å². The lowest BCUT2D eigenvalue weighted by molar-refractivity contribution is 0.388. The molecule has 1 aliphatic rings. The van der Waals surface area contributed by atoms with Crippen molar-refractivity contribution in [3.63, 3.8) is 0 Å². The number of aromatic nitrogens is 1. The third-order valence-corrected chi connectivity index (χ3v) is 2.38. The maximum absolute atomic E-state index is 5.23. The standard InChI is InChI=1S/C10H16N2O/c1-7(2)6-11-10-8-4-3-5-9(8)13-12-10/h7H,3-6H2,1-2H3,(H,11,12). The molecule has 0 bridgehead atoms. The lowest BCUT2D eigenvalue weighted by Crippen LogP contribution is -2.09. The molecule has 0 aliphatic heterocycles. The van der Waals surface area contributed by atoms with Gasteiger partial charge in [0.1, 0.15) is 5.76 Å². The summed E-state index contributed by atoms with van der Waals surface area (Å²) in [5.41, 5.74) is 1.31. The van der Waals surface area contributed by atoms with Crippen LogP contribution in [-0.2, 0) is 12.8 Å². The third-order valence-electron chi connectivity index (χ3n) is 2.38. The molecular formula is C10H16N2O. The summed E-state index contributed by atoms with van der Waals surface area (Å²) in [5.74, 6) is 2.71. The normalized spacial score (nSPS) is 15.0. The average Bonchev–Trinajstić information content (AvgIpc) is 2.60. The van der Waals surface area contributed by atoms with E-state index in [-0.39, 0.29) is 0 Å². The first-order valence-corrected chi connectivity index (χ1v) is 4.98. The first-order valence-electron chi connectivity index (χ1n) is 4.98. The highest BCUT2D eigenvalue weighted by atomic mass is 16.5. The molecule has 0 fully saturated rings. The second-order valence-corrected chi connectivity index (χ2v) is 4.06. The lowest BCUT2D eigenvalue weighted by atomic mass is 10.2. The fourth-order valence-corrected chi connectivity index (χ4v) is 1.66. The van der Waals surface area contributed by atoms with Crippen LogP contribution in [0.4, 0.5) is 5.82 Å². The Morgan fingerprint density at radius 3 is 3.08 bits per heavy atom. The van der Waals surface area contributed by atoms with Gasteiger partial charge in [0.15, 0.2) is 5.82 Å². The van der Waals surface area contributed by atoms with Crippen LogP contribution in [-0.4, -0.2) is 11.7 Å². The Kier molecular flexibility index (Phi) is 2.25. The smallest absolute Gasteiger partial charge is 0.172 e. The number of hydrogen-bond donors (Lipinski definition) is 1. The van der Waals surface area contributed by atoms with Gasteiger partial charge in [-0.15, -0.1) is 0 Å². The average molecular weight is 180 g/mol. The molecule has 0 amide bonds. The maximum atomic E-state index is 5.23. The van der Waals surface area contributed by atoms with Gasteiger partial charge in [-0.25, -0.2) is 0 Å². The Balaban J connectivity index is 2.04. The largest absolute Gasteiger partial charge is 0.367 e. The second-order valence-electron chi connectivity index (χ2n) is 4.06. The van der Waals surface area contributed by atoms with Crippen LogP contribution in [0.15, 0.2) is 4.52 Å². The topological polar surface area (TPSA) is 38.1 Å². The second kappa shape index (κ2) is 3.40. The number of nitrogens with one attached hydrogen (secondary N) is 1. The van der Waals surface area contributed by atoms with Crippen molar-refractivity contribution < 1.29 is 4.52 Å². The van der Waals surface area contributed by atoms with Crippen LogP contribution in [0, 0.1) is 5.92 Å². The molecule has 1 aliphatic carbocycles. The number of anilines is 1. The van der Waals surface area contributed by atoms with E-state index in [1.54, 1.807) is 0 Å². The molecule has 3 nitrogen and oxygen atoms in total. The van der Waals surface area contributed by atoms with Crippen LogP contribution in [0.5, 0.6) is 0 Å². The highest BCUT2D eigenvalue weighted by Gasteiger charge is 2.20. The van der Waals surface area contributed by atoms with Gasteiger partial charge in [-0.3, -0.25) is 0 Å². The van der Waals surface area contributed by atoms with Gasteiger partial charge in [0.2, 0.25) is 0 Å². The van der Waals surface area contributed by atoms with Crippen LogP contribution in [0.2, 0.25) is 0 Å². The lowest BCUT2D eigenvalue weighted by Gasteiger charge is -2.05. The van der Waals surface area contributed by atoms with Crippen molar-refractivity contribution in [2.75, 3.05) is 11.9 Å². The molecule has 0 unspecified atom stereocenters. The van der Waals surface area contributed by atoms with E-state index in [9.17, 15) is 0 Å². The van der Waals surface area contributed by atoms with Gasteiger partial charge in [-0.2, -0.15) is 0 Å². The van der Waals surface area contributed by atoms with Crippen molar-refractivity contribution in [2.45, 2.75) is 33.1 Å². The number of nitrogens with zero attached hydrogens (tertiary/aromatic N) is 1. The molecule has 1 aromatic heterocycles. The summed E-state index contributed by atoms with van der Waals surface area (Å²) in [6, 6.07) is 0. The number of fused-ring (bicyclic) bond motifs is 1.